The molecule has 0 radical (unpaired) electrons. The number of aryl methyl sites for hydroxylation is 1. The predicted octanol–water partition coefficient (Wildman–Crippen LogP) is 3.68. The lowest BCUT2D eigenvalue weighted by Gasteiger charge is -2.09. The van der Waals surface area contributed by atoms with Gasteiger partial charge in [-0.05, 0) is 60.6 Å². The topological polar surface area (TPSA) is 59.6 Å². The second kappa shape index (κ2) is 8.96. The third kappa shape index (κ3) is 5.29. The Kier molecular flexibility index (Phi) is 6.68. The number of carbonyl (C=O) groups is 1. The second-order valence-corrected chi connectivity index (χ2v) is 5.78. The standard InChI is InChI=1S/C19H19FN2O3S/c1-12-4-7-15(14(20)10-12)21-19(26)22-18(23)9-6-13-5-8-16(24-2)17(11-13)25-3/h4-11H,1-3H3,(H2,21,22,23,26)/b9-6+. The molecular formula is C19H19FN2O3S. The van der Waals surface area contributed by atoms with Gasteiger partial charge in [-0.2, -0.15) is 0 Å². The van der Waals surface area contributed by atoms with Gasteiger partial charge in [0.05, 0.1) is 19.9 Å². The van der Waals surface area contributed by atoms with Crippen LogP contribution in [0, 0.1) is 12.7 Å². The molecule has 0 aromatic heterocycles. The van der Waals surface area contributed by atoms with Crippen molar-refractivity contribution in [3.63, 3.8) is 0 Å². The molecule has 0 aliphatic carbocycles. The minimum absolute atomic E-state index is 0.00899. The van der Waals surface area contributed by atoms with E-state index in [0.717, 1.165) is 11.1 Å². The number of carbonyl (C=O) groups excluding carboxylic acids is 1. The lowest BCUT2D eigenvalue weighted by atomic mass is 10.2. The molecule has 0 heterocycles. The van der Waals surface area contributed by atoms with Gasteiger partial charge in [-0.25, -0.2) is 4.39 Å². The number of methoxy groups -OCH3 is 2. The van der Waals surface area contributed by atoms with Crippen LogP contribution >= 0.6 is 12.2 Å². The SMILES string of the molecule is COc1ccc(/C=C/C(=O)NC(=S)Nc2ccc(C)cc2F)cc1OC. The Hall–Kier alpha value is -2.93. The van der Waals surface area contributed by atoms with E-state index >= 15 is 0 Å². The summed E-state index contributed by atoms with van der Waals surface area (Å²) in [5.74, 6) is 0.272. The number of halogens is 1. The third-order valence-electron chi connectivity index (χ3n) is 3.44. The van der Waals surface area contributed by atoms with Gasteiger partial charge < -0.3 is 14.8 Å². The molecule has 2 N–H and O–H groups in total. The van der Waals surface area contributed by atoms with Crippen LogP contribution in [0.5, 0.6) is 11.5 Å². The fourth-order valence-corrected chi connectivity index (χ4v) is 2.37. The molecule has 26 heavy (non-hydrogen) atoms. The summed E-state index contributed by atoms with van der Waals surface area (Å²) in [5.41, 5.74) is 1.74. The van der Waals surface area contributed by atoms with Crippen LogP contribution in [0.15, 0.2) is 42.5 Å². The Morgan fingerprint density at radius 3 is 2.50 bits per heavy atom. The first-order chi connectivity index (χ1) is 12.4. The predicted molar refractivity (Wildman–Crippen MR) is 104 cm³/mol. The smallest absolute Gasteiger partial charge is 0.250 e. The summed E-state index contributed by atoms with van der Waals surface area (Å²) in [6.07, 6.45) is 2.92. The molecule has 0 saturated carbocycles. The molecule has 0 unspecified atom stereocenters. The minimum atomic E-state index is -0.442. The zero-order chi connectivity index (χ0) is 19.1. The van der Waals surface area contributed by atoms with Crippen LogP contribution in [0.2, 0.25) is 0 Å². The maximum atomic E-state index is 13.8. The van der Waals surface area contributed by atoms with Crippen molar-refractivity contribution in [1.29, 1.82) is 0 Å². The molecule has 0 spiro atoms. The summed E-state index contributed by atoms with van der Waals surface area (Å²) in [6, 6.07) is 9.94. The quantitative estimate of drug-likeness (QED) is 0.618. The number of nitrogens with one attached hydrogen (secondary N) is 2. The van der Waals surface area contributed by atoms with Crippen molar-refractivity contribution in [2.45, 2.75) is 6.92 Å². The van der Waals surface area contributed by atoms with Gasteiger partial charge in [-0.1, -0.05) is 12.1 Å². The number of hydrogen-bond donors (Lipinski definition) is 2. The van der Waals surface area contributed by atoms with E-state index < -0.39 is 11.7 Å². The molecule has 0 bridgehead atoms. The monoisotopic (exact) mass is 374 g/mol. The van der Waals surface area contributed by atoms with E-state index in [0.29, 0.717) is 11.5 Å². The molecule has 136 valence electrons. The molecular weight excluding hydrogens is 355 g/mol. The highest BCUT2D eigenvalue weighted by Crippen LogP contribution is 2.27. The molecule has 0 aliphatic rings. The van der Waals surface area contributed by atoms with Crippen LogP contribution in [0.1, 0.15) is 11.1 Å². The number of rotatable bonds is 5. The molecule has 0 saturated heterocycles. The Morgan fingerprint density at radius 1 is 1.12 bits per heavy atom. The lowest BCUT2D eigenvalue weighted by Crippen LogP contribution is -2.33. The molecule has 5 nitrogen and oxygen atoms in total. The third-order valence-corrected chi connectivity index (χ3v) is 3.65. The fourth-order valence-electron chi connectivity index (χ4n) is 2.16. The molecule has 0 atom stereocenters. The molecule has 0 fully saturated rings. The Bertz CT molecular complexity index is 853. The zero-order valence-corrected chi connectivity index (χ0v) is 15.4. The summed E-state index contributed by atoms with van der Waals surface area (Å²) in [7, 11) is 3.08. The van der Waals surface area contributed by atoms with Crippen LogP contribution in [0.3, 0.4) is 0 Å². The normalized spacial score (nSPS) is 10.5. The summed E-state index contributed by atoms with van der Waals surface area (Å²) in [6.45, 7) is 1.78. The van der Waals surface area contributed by atoms with Gasteiger partial charge in [0.25, 0.3) is 0 Å². The lowest BCUT2D eigenvalue weighted by molar-refractivity contribution is -0.115. The van der Waals surface area contributed by atoms with E-state index in [2.05, 4.69) is 10.6 Å². The Balaban J connectivity index is 1.97. The molecule has 1 amide bonds. The molecule has 7 heteroatoms. The average molecular weight is 374 g/mol. The van der Waals surface area contributed by atoms with Gasteiger partial charge in [0.15, 0.2) is 16.6 Å². The zero-order valence-electron chi connectivity index (χ0n) is 14.6. The van der Waals surface area contributed by atoms with Crippen molar-refractivity contribution in [3.8, 4) is 11.5 Å². The fraction of sp³-hybridized carbons (Fsp3) is 0.158. The summed E-state index contributed by atoms with van der Waals surface area (Å²) in [5, 5.41) is 5.13. The first kappa shape index (κ1) is 19.4. The highest BCUT2D eigenvalue weighted by atomic mass is 32.1. The van der Waals surface area contributed by atoms with E-state index in [-0.39, 0.29) is 10.8 Å². The second-order valence-electron chi connectivity index (χ2n) is 5.37. The molecule has 2 aromatic rings. The van der Waals surface area contributed by atoms with Crippen LogP contribution in [-0.4, -0.2) is 25.2 Å². The number of anilines is 1. The Labute approximate surface area is 156 Å². The first-order valence-corrected chi connectivity index (χ1v) is 8.12. The van der Waals surface area contributed by atoms with Gasteiger partial charge in [0.1, 0.15) is 5.82 Å². The van der Waals surface area contributed by atoms with E-state index in [1.54, 1.807) is 50.4 Å². The van der Waals surface area contributed by atoms with E-state index in [1.807, 2.05) is 0 Å². The highest BCUT2D eigenvalue weighted by molar-refractivity contribution is 7.80. The number of thiocarbonyl (C=S) groups is 1. The van der Waals surface area contributed by atoms with Gasteiger partial charge >= 0.3 is 0 Å². The minimum Gasteiger partial charge on any atom is -0.493 e. The number of ether oxygens (including phenoxy) is 2. The number of hydrogen-bond acceptors (Lipinski definition) is 4. The van der Waals surface area contributed by atoms with Gasteiger partial charge in [0.2, 0.25) is 5.91 Å². The van der Waals surface area contributed by atoms with E-state index in [9.17, 15) is 9.18 Å². The summed E-state index contributed by atoms with van der Waals surface area (Å²) < 4.78 is 24.1. The van der Waals surface area contributed by atoms with E-state index in [1.165, 1.54) is 19.3 Å². The van der Waals surface area contributed by atoms with Crippen LogP contribution < -0.4 is 20.1 Å². The largest absolute Gasteiger partial charge is 0.493 e. The van der Waals surface area contributed by atoms with Crippen LogP contribution in [-0.2, 0) is 4.79 Å². The van der Waals surface area contributed by atoms with Crippen molar-refractivity contribution in [1.82, 2.24) is 5.32 Å². The Morgan fingerprint density at radius 2 is 1.85 bits per heavy atom. The first-order valence-electron chi connectivity index (χ1n) is 7.71. The molecule has 2 aromatic carbocycles. The summed E-state index contributed by atoms with van der Waals surface area (Å²) in [4.78, 5) is 12.0. The maximum absolute atomic E-state index is 13.8. The molecule has 2 rings (SSSR count). The number of amides is 1. The van der Waals surface area contributed by atoms with Crippen molar-refractivity contribution in [2.75, 3.05) is 19.5 Å². The average Bonchev–Trinajstić information content (AvgIpc) is 2.62. The van der Waals surface area contributed by atoms with Crippen molar-refractivity contribution < 1.29 is 18.7 Å². The van der Waals surface area contributed by atoms with Crippen molar-refractivity contribution in [3.05, 3.63) is 59.4 Å². The van der Waals surface area contributed by atoms with Gasteiger partial charge in [-0.3, -0.25) is 10.1 Å². The number of benzene rings is 2. The maximum Gasteiger partial charge on any atom is 0.250 e. The van der Waals surface area contributed by atoms with Crippen molar-refractivity contribution in [2.24, 2.45) is 0 Å². The van der Waals surface area contributed by atoms with Crippen LogP contribution in [0.4, 0.5) is 10.1 Å². The van der Waals surface area contributed by atoms with Gasteiger partial charge in [0, 0.05) is 6.08 Å². The van der Waals surface area contributed by atoms with Crippen molar-refractivity contribution >= 4 is 35.0 Å². The van der Waals surface area contributed by atoms with Crippen LogP contribution in [0.25, 0.3) is 6.08 Å². The van der Waals surface area contributed by atoms with Gasteiger partial charge in [-0.15, -0.1) is 0 Å². The highest BCUT2D eigenvalue weighted by Gasteiger charge is 2.07. The molecule has 0 aliphatic heterocycles. The summed E-state index contributed by atoms with van der Waals surface area (Å²) >= 11 is 5.03. The van der Waals surface area contributed by atoms with E-state index in [4.69, 9.17) is 21.7 Å².